The standard InChI is InChI=1S/C22H20BrFN2O4/c1-30-20(28)11-19(27)17(22(29)14-7-9-15(23)10-8-14)12-25-26-21-16(13-5-6-13)3-2-4-18(21)24/h2-4,7-10,12-13,26,29H,5-6,11H2,1H3/b22-17+,25-12+. The van der Waals surface area contributed by atoms with E-state index in [1.807, 2.05) is 6.07 Å². The van der Waals surface area contributed by atoms with Crippen molar-refractivity contribution in [3.05, 3.63) is 69.5 Å². The van der Waals surface area contributed by atoms with Crippen molar-refractivity contribution in [3.63, 3.8) is 0 Å². The van der Waals surface area contributed by atoms with Crippen LogP contribution in [0.1, 0.15) is 36.3 Å². The van der Waals surface area contributed by atoms with E-state index < -0.39 is 24.0 Å². The van der Waals surface area contributed by atoms with Crippen molar-refractivity contribution in [1.29, 1.82) is 0 Å². The van der Waals surface area contributed by atoms with Gasteiger partial charge in [-0.15, -0.1) is 0 Å². The van der Waals surface area contributed by atoms with Crippen LogP contribution in [0.2, 0.25) is 0 Å². The fourth-order valence-corrected chi connectivity index (χ4v) is 3.15. The van der Waals surface area contributed by atoms with E-state index in [-0.39, 0.29) is 22.9 Å². The number of Topliss-reactive ketones (excluding diaryl/α,β-unsaturated/α-hetero) is 1. The number of hydrazone groups is 1. The van der Waals surface area contributed by atoms with E-state index in [4.69, 9.17) is 0 Å². The van der Waals surface area contributed by atoms with E-state index in [2.05, 4.69) is 31.2 Å². The Morgan fingerprint density at radius 3 is 2.60 bits per heavy atom. The highest BCUT2D eigenvalue weighted by Crippen LogP contribution is 2.44. The minimum Gasteiger partial charge on any atom is -0.507 e. The molecule has 3 rings (SSSR count). The van der Waals surface area contributed by atoms with Crippen molar-refractivity contribution in [2.75, 3.05) is 12.5 Å². The van der Waals surface area contributed by atoms with Gasteiger partial charge in [0.15, 0.2) is 5.78 Å². The number of hydrogen-bond donors (Lipinski definition) is 2. The molecule has 0 aromatic heterocycles. The van der Waals surface area contributed by atoms with Crippen LogP contribution in [0.4, 0.5) is 10.1 Å². The van der Waals surface area contributed by atoms with Crippen molar-refractivity contribution >= 4 is 45.3 Å². The third-order valence-corrected chi connectivity index (χ3v) is 5.17. The molecule has 0 amide bonds. The first-order valence-electron chi connectivity index (χ1n) is 9.27. The molecule has 1 saturated carbocycles. The highest BCUT2D eigenvalue weighted by Gasteiger charge is 2.27. The number of aliphatic hydroxyl groups is 1. The number of carbonyl (C=O) groups is 2. The maximum atomic E-state index is 14.3. The number of rotatable bonds is 8. The molecule has 8 heteroatoms. The molecule has 0 unspecified atom stereocenters. The maximum absolute atomic E-state index is 14.3. The lowest BCUT2D eigenvalue weighted by Gasteiger charge is -2.10. The molecule has 0 saturated heterocycles. The summed E-state index contributed by atoms with van der Waals surface area (Å²) in [6.45, 7) is 0. The molecule has 2 aromatic rings. The molecule has 156 valence electrons. The smallest absolute Gasteiger partial charge is 0.313 e. The van der Waals surface area contributed by atoms with Crippen molar-refractivity contribution in [2.24, 2.45) is 5.10 Å². The number of aliphatic hydroxyl groups excluding tert-OH is 1. The lowest BCUT2D eigenvalue weighted by atomic mass is 10.0. The summed E-state index contributed by atoms with van der Waals surface area (Å²) < 4.78 is 19.6. The van der Waals surface area contributed by atoms with Gasteiger partial charge in [-0.3, -0.25) is 15.0 Å². The van der Waals surface area contributed by atoms with E-state index >= 15 is 0 Å². The lowest BCUT2D eigenvalue weighted by molar-refractivity contribution is -0.142. The zero-order chi connectivity index (χ0) is 21.7. The highest BCUT2D eigenvalue weighted by molar-refractivity contribution is 9.10. The Kier molecular flexibility index (Phi) is 6.99. The molecule has 0 bridgehead atoms. The number of methoxy groups -OCH3 is 1. The molecule has 0 heterocycles. The van der Waals surface area contributed by atoms with Crippen LogP contribution in [0.25, 0.3) is 5.76 Å². The van der Waals surface area contributed by atoms with Crippen molar-refractivity contribution in [2.45, 2.75) is 25.2 Å². The Morgan fingerprint density at radius 2 is 1.97 bits per heavy atom. The SMILES string of the molecule is COC(=O)CC(=O)C(/C=N/Nc1c(F)cccc1C1CC1)=C(/O)c1ccc(Br)cc1. The third-order valence-electron chi connectivity index (χ3n) is 4.64. The number of para-hydroxylation sites is 1. The number of halogens is 2. The number of ether oxygens (including phenoxy) is 1. The summed E-state index contributed by atoms with van der Waals surface area (Å²) in [5.74, 6) is -1.94. The fraction of sp³-hybridized carbons (Fsp3) is 0.227. The molecular formula is C22H20BrFN2O4. The molecule has 2 N–H and O–H groups in total. The van der Waals surface area contributed by atoms with Crippen LogP contribution in [0.3, 0.4) is 0 Å². The normalized spacial score (nSPS) is 14.4. The lowest BCUT2D eigenvalue weighted by Crippen LogP contribution is -2.14. The van der Waals surface area contributed by atoms with Gasteiger partial charge in [-0.25, -0.2) is 4.39 Å². The molecule has 1 fully saturated rings. The van der Waals surface area contributed by atoms with Gasteiger partial charge < -0.3 is 9.84 Å². The quantitative estimate of drug-likeness (QED) is 0.141. The van der Waals surface area contributed by atoms with Gasteiger partial charge >= 0.3 is 5.97 Å². The second-order valence-electron chi connectivity index (χ2n) is 6.79. The van der Waals surface area contributed by atoms with E-state index in [0.29, 0.717) is 5.56 Å². The van der Waals surface area contributed by atoms with Crippen LogP contribution >= 0.6 is 15.9 Å². The molecule has 0 atom stereocenters. The summed E-state index contributed by atoms with van der Waals surface area (Å²) in [4.78, 5) is 24.1. The van der Waals surface area contributed by atoms with Crippen LogP contribution in [-0.4, -0.2) is 30.2 Å². The van der Waals surface area contributed by atoms with Gasteiger partial charge in [0.05, 0.1) is 24.6 Å². The predicted octanol–water partition coefficient (Wildman–Crippen LogP) is 4.96. The third kappa shape index (κ3) is 5.33. The predicted molar refractivity (Wildman–Crippen MR) is 116 cm³/mol. The monoisotopic (exact) mass is 474 g/mol. The fourth-order valence-electron chi connectivity index (χ4n) is 2.88. The molecule has 30 heavy (non-hydrogen) atoms. The molecule has 0 radical (unpaired) electrons. The number of hydrogen-bond acceptors (Lipinski definition) is 6. The van der Waals surface area contributed by atoms with Crippen LogP contribution in [0.15, 0.2) is 57.6 Å². The Labute approximate surface area is 181 Å². The van der Waals surface area contributed by atoms with Gasteiger partial charge in [0.2, 0.25) is 0 Å². The molecule has 0 aliphatic heterocycles. The van der Waals surface area contributed by atoms with Gasteiger partial charge in [-0.05, 0) is 42.5 Å². The summed E-state index contributed by atoms with van der Waals surface area (Å²) in [5, 5.41) is 14.6. The number of carbonyl (C=O) groups excluding carboxylic acids is 2. The highest BCUT2D eigenvalue weighted by atomic mass is 79.9. The summed E-state index contributed by atoms with van der Waals surface area (Å²) in [5.41, 5.74) is 3.86. The van der Waals surface area contributed by atoms with E-state index in [0.717, 1.165) is 29.1 Å². The molecule has 1 aliphatic carbocycles. The topological polar surface area (TPSA) is 88.0 Å². The Bertz CT molecular complexity index is 1010. The van der Waals surface area contributed by atoms with Gasteiger partial charge in [0.1, 0.15) is 18.0 Å². The average molecular weight is 475 g/mol. The minimum atomic E-state index is -0.743. The largest absolute Gasteiger partial charge is 0.507 e. The summed E-state index contributed by atoms with van der Waals surface area (Å²) in [6.07, 6.45) is 2.49. The van der Waals surface area contributed by atoms with E-state index in [9.17, 15) is 19.1 Å². The first-order valence-corrected chi connectivity index (χ1v) is 10.1. The first-order chi connectivity index (χ1) is 14.4. The first kappa shape index (κ1) is 21.7. The molecule has 6 nitrogen and oxygen atoms in total. The number of benzene rings is 2. The van der Waals surface area contributed by atoms with Gasteiger partial charge in [0, 0.05) is 10.0 Å². The van der Waals surface area contributed by atoms with E-state index in [1.165, 1.54) is 13.2 Å². The number of nitrogens with zero attached hydrogens (tertiary/aromatic N) is 1. The van der Waals surface area contributed by atoms with Crippen molar-refractivity contribution in [3.8, 4) is 0 Å². The zero-order valence-electron chi connectivity index (χ0n) is 16.2. The number of nitrogens with one attached hydrogen (secondary N) is 1. The molecule has 1 aliphatic rings. The van der Waals surface area contributed by atoms with Gasteiger partial charge in [-0.1, -0.05) is 40.2 Å². The van der Waals surface area contributed by atoms with Crippen LogP contribution in [0, 0.1) is 5.82 Å². The van der Waals surface area contributed by atoms with Crippen molar-refractivity contribution < 1.29 is 23.8 Å². The minimum absolute atomic E-state index is 0.195. The van der Waals surface area contributed by atoms with Crippen LogP contribution < -0.4 is 5.43 Å². The second kappa shape index (κ2) is 9.67. The maximum Gasteiger partial charge on any atom is 0.313 e. The van der Waals surface area contributed by atoms with Crippen LogP contribution in [0.5, 0.6) is 0 Å². The molecule has 0 spiro atoms. The Balaban J connectivity index is 1.91. The summed E-state index contributed by atoms with van der Waals surface area (Å²) in [7, 11) is 1.17. The summed E-state index contributed by atoms with van der Waals surface area (Å²) in [6, 6.07) is 11.4. The summed E-state index contributed by atoms with van der Waals surface area (Å²) >= 11 is 3.30. The zero-order valence-corrected chi connectivity index (χ0v) is 17.8. The van der Waals surface area contributed by atoms with E-state index in [1.54, 1.807) is 30.3 Å². The van der Waals surface area contributed by atoms with Crippen molar-refractivity contribution in [1.82, 2.24) is 0 Å². The second-order valence-corrected chi connectivity index (χ2v) is 7.71. The number of esters is 1. The van der Waals surface area contributed by atoms with Crippen LogP contribution in [-0.2, 0) is 14.3 Å². The number of allylic oxidation sites excluding steroid dienone is 1. The number of anilines is 1. The Morgan fingerprint density at radius 1 is 1.27 bits per heavy atom. The molecular weight excluding hydrogens is 455 g/mol. The number of ketones is 1. The molecule has 2 aromatic carbocycles. The Hall–Kier alpha value is -3.00. The van der Waals surface area contributed by atoms with Gasteiger partial charge in [-0.2, -0.15) is 5.10 Å². The van der Waals surface area contributed by atoms with Gasteiger partial charge in [0.25, 0.3) is 0 Å². The average Bonchev–Trinajstić information content (AvgIpc) is 3.57.